The quantitative estimate of drug-likeness (QED) is 0.246. The zero-order valence-corrected chi connectivity index (χ0v) is 8.32. The summed E-state index contributed by atoms with van der Waals surface area (Å²) >= 11 is 0. The highest BCUT2D eigenvalue weighted by Gasteiger charge is 2.21. The number of carbonyl (C=O) groups excluding carboxylic acids is 1. The van der Waals surface area contributed by atoms with Crippen LogP contribution in [0, 0.1) is 23.3 Å². The Balaban J connectivity index is 0.00000106. The van der Waals surface area contributed by atoms with E-state index in [2.05, 4.69) is 17.9 Å². The molecule has 0 saturated heterocycles. The molecule has 1 aromatic rings. The fourth-order valence-corrected chi connectivity index (χ4v) is 0.785. The second kappa shape index (κ2) is 5.89. The van der Waals surface area contributed by atoms with Crippen LogP contribution >= 0.6 is 0 Å². The van der Waals surface area contributed by atoms with Crippen molar-refractivity contribution in [1.82, 2.24) is 0 Å². The zero-order valence-electron chi connectivity index (χ0n) is 8.32. The number of hydrogen-bond acceptors (Lipinski definition) is 2. The first-order chi connectivity index (χ1) is 7.43. The van der Waals surface area contributed by atoms with Crippen molar-refractivity contribution in [3.63, 3.8) is 0 Å². The molecule has 0 amide bonds. The van der Waals surface area contributed by atoms with Crippen molar-refractivity contribution in [1.29, 1.82) is 0 Å². The number of benzene rings is 1. The minimum Gasteiger partial charge on any atom is -0.420 e. The Morgan fingerprint density at radius 3 is 1.81 bits per heavy atom. The molecular formula is C10H8F4O2. The molecule has 16 heavy (non-hydrogen) atoms. The maximum Gasteiger partial charge on any atom is 0.308 e. The van der Waals surface area contributed by atoms with Crippen LogP contribution in [0.3, 0.4) is 0 Å². The van der Waals surface area contributed by atoms with Gasteiger partial charge < -0.3 is 4.74 Å². The first-order valence-electron chi connectivity index (χ1n) is 3.95. The molecule has 0 aromatic heterocycles. The van der Waals surface area contributed by atoms with Crippen LogP contribution in [0.4, 0.5) is 17.6 Å². The third kappa shape index (κ3) is 3.08. The summed E-state index contributed by atoms with van der Waals surface area (Å²) in [5.74, 6) is -9.17. The Kier molecular flexibility index (Phi) is 5.21. The highest BCUT2D eigenvalue weighted by molar-refractivity contribution is 5.69. The minimum atomic E-state index is -1.74. The first kappa shape index (κ1) is 14.2. The van der Waals surface area contributed by atoms with Gasteiger partial charge in [-0.05, 0) is 0 Å². The lowest BCUT2D eigenvalue weighted by Crippen LogP contribution is -2.07. The van der Waals surface area contributed by atoms with Crippen molar-refractivity contribution < 1.29 is 27.1 Å². The van der Waals surface area contributed by atoms with Gasteiger partial charge >= 0.3 is 5.97 Å². The number of halogens is 4. The summed E-state index contributed by atoms with van der Waals surface area (Å²) in [6.07, 6.45) is 0. The molecule has 2 nitrogen and oxygen atoms in total. The molecule has 0 saturated carbocycles. The Morgan fingerprint density at radius 1 is 1.12 bits per heavy atom. The van der Waals surface area contributed by atoms with Gasteiger partial charge in [0.1, 0.15) is 0 Å². The van der Waals surface area contributed by atoms with E-state index in [1.807, 2.05) is 0 Å². The number of hydrogen-bond donors (Lipinski definition) is 0. The molecule has 0 radical (unpaired) electrons. The molecule has 0 spiro atoms. The standard InChI is InChI=1S/C8H4F4O2.C2H4/c1-3(13)14-8-6(11)4(9)2-5(10)7(8)12;1-2/h2H,1H3;1-2H2. The van der Waals surface area contributed by atoms with Gasteiger partial charge in [-0.1, -0.05) is 0 Å². The molecule has 88 valence electrons. The van der Waals surface area contributed by atoms with Crippen LogP contribution in [0.5, 0.6) is 5.75 Å². The van der Waals surface area contributed by atoms with Crippen LogP contribution in [-0.2, 0) is 4.79 Å². The van der Waals surface area contributed by atoms with Gasteiger partial charge in [0.15, 0.2) is 11.6 Å². The molecule has 0 N–H and O–H groups in total. The second-order valence-electron chi connectivity index (χ2n) is 2.39. The SMILES string of the molecule is C=C.CC(=O)Oc1c(F)c(F)cc(F)c1F. The van der Waals surface area contributed by atoms with E-state index in [9.17, 15) is 22.4 Å². The molecule has 0 aliphatic carbocycles. The van der Waals surface area contributed by atoms with Crippen molar-refractivity contribution >= 4 is 5.97 Å². The number of rotatable bonds is 1. The molecule has 0 atom stereocenters. The van der Waals surface area contributed by atoms with Gasteiger partial charge in [-0.15, -0.1) is 13.2 Å². The lowest BCUT2D eigenvalue weighted by molar-refractivity contribution is -0.132. The number of esters is 1. The zero-order chi connectivity index (χ0) is 12.9. The van der Waals surface area contributed by atoms with Crippen LogP contribution in [0.15, 0.2) is 19.2 Å². The van der Waals surface area contributed by atoms with E-state index in [1.54, 1.807) is 0 Å². The fourth-order valence-electron chi connectivity index (χ4n) is 0.785. The van der Waals surface area contributed by atoms with Crippen LogP contribution < -0.4 is 4.74 Å². The van der Waals surface area contributed by atoms with E-state index in [4.69, 9.17) is 0 Å². The maximum atomic E-state index is 12.7. The van der Waals surface area contributed by atoms with Crippen LogP contribution in [-0.4, -0.2) is 5.97 Å². The van der Waals surface area contributed by atoms with E-state index < -0.39 is 35.0 Å². The average Bonchev–Trinajstić information content (AvgIpc) is 2.24. The minimum absolute atomic E-state index is 0.0255. The maximum absolute atomic E-state index is 12.7. The Hall–Kier alpha value is -1.85. The van der Waals surface area contributed by atoms with E-state index in [0.29, 0.717) is 0 Å². The van der Waals surface area contributed by atoms with Gasteiger partial charge in [-0.25, -0.2) is 8.78 Å². The van der Waals surface area contributed by atoms with Crippen LogP contribution in [0.25, 0.3) is 0 Å². The van der Waals surface area contributed by atoms with E-state index in [-0.39, 0.29) is 6.07 Å². The first-order valence-corrected chi connectivity index (χ1v) is 3.95. The van der Waals surface area contributed by atoms with E-state index in [1.165, 1.54) is 0 Å². The summed E-state index contributed by atoms with van der Waals surface area (Å²) in [6, 6.07) is 0.0255. The molecule has 6 heteroatoms. The number of ether oxygens (including phenoxy) is 1. The Morgan fingerprint density at radius 2 is 1.50 bits per heavy atom. The van der Waals surface area contributed by atoms with Gasteiger partial charge in [0.25, 0.3) is 0 Å². The van der Waals surface area contributed by atoms with Crippen molar-refractivity contribution in [2.75, 3.05) is 0 Å². The average molecular weight is 236 g/mol. The molecule has 0 aliphatic heterocycles. The molecule has 0 unspecified atom stereocenters. The molecule has 1 aromatic carbocycles. The molecule has 0 fully saturated rings. The van der Waals surface area contributed by atoms with E-state index >= 15 is 0 Å². The molecule has 1 rings (SSSR count). The summed E-state index contributed by atoms with van der Waals surface area (Å²) in [5.41, 5.74) is 0. The smallest absolute Gasteiger partial charge is 0.308 e. The van der Waals surface area contributed by atoms with Gasteiger partial charge in [-0.3, -0.25) is 4.79 Å². The largest absolute Gasteiger partial charge is 0.420 e. The van der Waals surface area contributed by atoms with Crippen LogP contribution in [0.2, 0.25) is 0 Å². The fraction of sp³-hybridized carbons (Fsp3) is 0.100. The molecule has 0 bridgehead atoms. The van der Waals surface area contributed by atoms with Crippen molar-refractivity contribution in [2.24, 2.45) is 0 Å². The molecular weight excluding hydrogens is 228 g/mol. The second-order valence-corrected chi connectivity index (χ2v) is 2.39. The highest BCUT2D eigenvalue weighted by Crippen LogP contribution is 2.26. The normalized spacial score (nSPS) is 9.06. The Labute approximate surface area is 89.1 Å². The molecule has 0 aliphatic rings. The van der Waals surface area contributed by atoms with Gasteiger partial charge in [0.05, 0.1) is 0 Å². The number of carbonyl (C=O) groups is 1. The summed E-state index contributed by atoms with van der Waals surface area (Å²) in [5, 5.41) is 0. The summed E-state index contributed by atoms with van der Waals surface area (Å²) in [7, 11) is 0. The molecule has 0 heterocycles. The third-order valence-corrected chi connectivity index (χ3v) is 1.32. The van der Waals surface area contributed by atoms with Gasteiger partial charge in [-0.2, -0.15) is 8.78 Å². The van der Waals surface area contributed by atoms with Crippen molar-refractivity contribution in [3.05, 3.63) is 42.5 Å². The van der Waals surface area contributed by atoms with Crippen LogP contribution in [0.1, 0.15) is 6.92 Å². The summed E-state index contributed by atoms with van der Waals surface area (Å²) in [4.78, 5) is 10.3. The lowest BCUT2D eigenvalue weighted by Gasteiger charge is -2.05. The van der Waals surface area contributed by atoms with Gasteiger partial charge in [0.2, 0.25) is 17.4 Å². The monoisotopic (exact) mass is 236 g/mol. The predicted molar refractivity (Wildman–Crippen MR) is 48.8 cm³/mol. The predicted octanol–water partition coefficient (Wildman–Crippen LogP) is 2.97. The Bertz CT molecular complexity index is 378. The lowest BCUT2D eigenvalue weighted by atomic mass is 10.3. The van der Waals surface area contributed by atoms with Gasteiger partial charge in [0, 0.05) is 13.0 Å². The van der Waals surface area contributed by atoms with Crippen molar-refractivity contribution in [2.45, 2.75) is 6.92 Å². The third-order valence-electron chi connectivity index (χ3n) is 1.32. The summed E-state index contributed by atoms with van der Waals surface area (Å²) in [6.45, 7) is 6.85. The topological polar surface area (TPSA) is 26.3 Å². The summed E-state index contributed by atoms with van der Waals surface area (Å²) < 4.78 is 54.5. The van der Waals surface area contributed by atoms with Crippen molar-refractivity contribution in [3.8, 4) is 5.75 Å². The highest BCUT2D eigenvalue weighted by atomic mass is 19.2. The van der Waals surface area contributed by atoms with E-state index in [0.717, 1.165) is 6.92 Å².